The molecule has 0 fully saturated rings. The molecule has 0 bridgehead atoms. The number of amides is 3. The van der Waals surface area contributed by atoms with Gasteiger partial charge in [0, 0.05) is 0 Å². The molecule has 0 aromatic heterocycles. The molecule has 1 aromatic carbocycles. The highest BCUT2D eigenvalue weighted by Crippen LogP contribution is 2.11. The van der Waals surface area contributed by atoms with Crippen LogP contribution in [-0.2, 0) is 25.6 Å². The van der Waals surface area contributed by atoms with Crippen LogP contribution in [0.15, 0.2) is 24.3 Å². The van der Waals surface area contributed by atoms with Crippen molar-refractivity contribution in [2.24, 2.45) is 11.7 Å². The Bertz CT molecular complexity index is 798. The molecule has 32 heavy (non-hydrogen) atoms. The van der Waals surface area contributed by atoms with Gasteiger partial charge >= 0.3 is 5.97 Å². The van der Waals surface area contributed by atoms with E-state index in [0.29, 0.717) is 5.56 Å². The summed E-state index contributed by atoms with van der Waals surface area (Å²) in [6, 6.07) is 1.53. The number of rotatable bonds is 12. The fraction of sp³-hybridized carbons (Fsp3) is 0.524. The van der Waals surface area contributed by atoms with Gasteiger partial charge in [0.1, 0.15) is 23.9 Å². The van der Waals surface area contributed by atoms with Crippen LogP contribution in [0.4, 0.5) is 0 Å². The summed E-state index contributed by atoms with van der Waals surface area (Å²) >= 11 is 0. The smallest absolute Gasteiger partial charge is 0.325 e. The second kappa shape index (κ2) is 12.6. The maximum Gasteiger partial charge on any atom is 0.325 e. The number of carbonyl (C=O) groups excluding carboxylic acids is 3. The molecule has 1 aromatic rings. The van der Waals surface area contributed by atoms with Gasteiger partial charge in [-0.2, -0.15) is 0 Å². The molecule has 178 valence electrons. The van der Waals surface area contributed by atoms with E-state index in [0.717, 1.165) is 0 Å². The molecule has 0 aliphatic heterocycles. The van der Waals surface area contributed by atoms with E-state index in [4.69, 9.17) is 10.8 Å². The number of carboxylic acids is 1. The lowest BCUT2D eigenvalue weighted by Crippen LogP contribution is -2.58. The van der Waals surface area contributed by atoms with Gasteiger partial charge in [0.2, 0.25) is 17.7 Å². The Labute approximate surface area is 186 Å². The van der Waals surface area contributed by atoms with Gasteiger partial charge in [-0.3, -0.25) is 19.2 Å². The number of aliphatic carboxylic acids is 1. The first-order chi connectivity index (χ1) is 14.9. The third-order valence-corrected chi connectivity index (χ3v) is 4.61. The highest BCUT2D eigenvalue weighted by atomic mass is 16.4. The number of hydrogen-bond donors (Lipinski definition) is 7. The third kappa shape index (κ3) is 8.90. The summed E-state index contributed by atoms with van der Waals surface area (Å²) in [6.07, 6.45) is 0.355. The fourth-order valence-corrected chi connectivity index (χ4v) is 2.80. The van der Waals surface area contributed by atoms with Gasteiger partial charge < -0.3 is 37.0 Å². The molecular formula is C21H32N4O7. The van der Waals surface area contributed by atoms with Crippen LogP contribution in [-0.4, -0.2) is 69.8 Å². The number of phenolic OH excluding ortho intramolecular Hbond substituents is 1. The second-order valence-corrected chi connectivity index (χ2v) is 7.98. The number of nitrogens with two attached hydrogens (primary N) is 1. The lowest BCUT2D eigenvalue weighted by molar-refractivity contribution is -0.142. The van der Waals surface area contributed by atoms with E-state index in [1.807, 2.05) is 13.8 Å². The van der Waals surface area contributed by atoms with Crippen molar-refractivity contribution in [2.45, 2.75) is 57.8 Å². The minimum atomic E-state index is -1.35. The molecule has 0 aliphatic carbocycles. The SMILES string of the molecule is CC(C)CC(NC(=O)C(CO)NC(=O)C(N)Cc1ccc(O)cc1)C(=O)NC(C)C(=O)O. The van der Waals surface area contributed by atoms with Crippen molar-refractivity contribution in [2.75, 3.05) is 6.61 Å². The average Bonchev–Trinajstić information content (AvgIpc) is 2.72. The van der Waals surface area contributed by atoms with E-state index in [2.05, 4.69) is 16.0 Å². The Hall–Kier alpha value is -3.18. The van der Waals surface area contributed by atoms with E-state index in [1.54, 1.807) is 12.1 Å². The van der Waals surface area contributed by atoms with Gasteiger partial charge in [0.15, 0.2) is 0 Å². The number of aliphatic hydroxyl groups is 1. The van der Waals surface area contributed by atoms with Crippen LogP contribution in [0.3, 0.4) is 0 Å². The van der Waals surface area contributed by atoms with E-state index >= 15 is 0 Å². The van der Waals surface area contributed by atoms with Crippen molar-refractivity contribution in [3.05, 3.63) is 29.8 Å². The lowest BCUT2D eigenvalue weighted by atomic mass is 10.0. The molecular weight excluding hydrogens is 420 g/mol. The third-order valence-electron chi connectivity index (χ3n) is 4.61. The van der Waals surface area contributed by atoms with Gasteiger partial charge in [0.25, 0.3) is 0 Å². The van der Waals surface area contributed by atoms with Crippen molar-refractivity contribution < 1.29 is 34.5 Å². The Morgan fingerprint density at radius 2 is 1.44 bits per heavy atom. The van der Waals surface area contributed by atoms with Crippen molar-refractivity contribution in [1.29, 1.82) is 0 Å². The second-order valence-electron chi connectivity index (χ2n) is 7.98. The molecule has 11 heteroatoms. The Morgan fingerprint density at radius 3 is 1.94 bits per heavy atom. The summed E-state index contributed by atoms with van der Waals surface area (Å²) in [5, 5.41) is 35.0. The number of aromatic hydroxyl groups is 1. The summed E-state index contributed by atoms with van der Waals surface area (Å²) in [4.78, 5) is 48.4. The molecule has 0 heterocycles. The normalized spacial score (nSPS) is 14.7. The van der Waals surface area contributed by atoms with Crippen LogP contribution in [0.1, 0.15) is 32.8 Å². The number of carbonyl (C=O) groups is 4. The zero-order valence-electron chi connectivity index (χ0n) is 18.4. The Kier molecular flexibility index (Phi) is 10.6. The summed E-state index contributed by atoms with van der Waals surface area (Å²) in [7, 11) is 0. The monoisotopic (exact) mass is 452 g/mol. The molecule has 4 unspecified atom stereocenters. The van der Waals surface area contributed by atoms with Crippen molar-refractivity contribution >= 4 is 23.7 Å². The first-order valence-corrected chi connectivity index (χ1v) is 10.2. The number of nitrogens with one attached hydrogen (secondary N) is 3. The lowest BCUT2D eigenvalue weighted by Gasteiger charge is -2.24. The molecule has 0 saturated carbocycles. The number of aliphatic hydroxyl groups excluding tert-OH is 1. The van der Waals surface area contributed by atoms with Crippen LogP contribution in [0.2, 0.25) is 0 Å². The molecule has 4 atom stereocenters. The van der Waals surface area contributed by atoms with Crippen LogP contribution in [0, 0.1) is 5.92 Å². The van der Waals surface area contributed by atoms with Crippen molar-refractivity contribution in [1.82, 2.24) is 16.0 Å². The van der Waals surface area contributed by atoms with Crippen LogP contribution in [0.5, 0.6) is 5.75 Å². The van der Waals surface area contributed by atoms with Crippen molar-refractivity contribution in [3.63, 3.8) is 0 Å². The molecule has 11 nitrogen and oxygen atoms in total. The quantitative estimate of drug-likeness (QED) is 0.207. The summed E-state index contributed by atoms with van der Waals surface area (Å²) < 4.78 is 0. The van der Waals surface area contributed by atoms with Gasteiger partial charge in [-0.15, -0.1) is 0 Å². The van der Waals surface area contributed by atoms with E-state index < -0.39 is 54.5 Å². The highest BCUT2D eigenvalue weighted by Gasteiger charge is 2.29. The maximum atomic E-state index is 12.6. The van der Waals surface area contributed by atoms with Gasteiger partial charge in [0.05, 0.1) is 12.6 Å². The summed E-state index contributed by atoms with van der Waals surface area (Å²) in [6.45, 7) is 4.20. The minimum Gasteiger partial charge on any atom is -0.508 e. The molecule has 0 aliphatic rings. The zero-order valence-corrected chi connectivity index (χ0v) is 18.4. The van der Waals surface area contributed by atoms with Gasteiger partial charge in [-0.05, 0) is 43.4 Å². The number of carboxylic acid groups (broad SMARTS) is 1. The van der Waals surface area contributed by atoms with Crippen LogP contribution < -0.4 is 21.7 Å². The highest BCUT2D eigenvalue weighted by molar-refractivity contribution is 5.94. The molecule has 1 rings (SSSR count). The van der Waals surface area contributed by atoms with E-state index in [1.165, 1.54) is 19.1 Å². The molecule has 0 spiro atoms. The zero-order chi connectivity index (χ0) is 24.4. The fourth-order valence-electron chi connectivity index (χ4n) is 2.80. The van der Waals surface area contributed by atoms with Gasteiger partial charge in [-0.1, -0.05) is 26.0 Å². The molecule has 0 radical (unpaired) electrons. The molecule has 0 saturated heterocycles. The topological polar surface area (TPSA) is 191 Å². The van der Waals surface area contributed by atoms with E-state index in [-0.39, 0.29) is 24.5 Å². The predicted molar refractivity (Wildman–Crippen MR) is 115 cm³/mol. The number of hydrogen-bond acceptors (Lipinski definition) is 7. The van der Waals surface area contributed by atoms with E-state index in [9.17, 15) is 29.4 Å². The van der Waals surface area contributed by atoms with Gasteiger partial charge in [-0.25, -0.2) is 0 Å². The first kappa shape index (κ1) is 26.9. The standard InChI is InChI=1S/C21H32N4O7/c1-11(2)8-16(19(29)23-12(3)21(31)32)24-20(30)17(10-26)25-18(28)15(22)9-13-4-6-14(27)7-5-13/h4-7,11-12,15-17,26-27H,8-10,22H2,1-3H3,(H,23,29)(H,24,30)(H,25,28)(H,31,32). The average molecular weight is 453 g/mol. The maximum absolute atomic E-state index is 12.6. The van der Waals surface area contributed by atoms with Crippen LogP contribution in [0.25, 0.3) is 0 Å². The Morgan fingerprint density at radius 1 is 0.906 bits per heavy atom. The Balaban J connectivity index is 2.77. The first-order valence-electron chi connectivity index (χ1n) is 10.2. The summed E-state index contributed by atoms with van der Waals surface area (Å²) in [5.41, 5.74) is 6.57. The van der Waals surface area contributed by atoms with Crippen molar-refractivity contribution in [3.8, 4) is 5.75 Å². The number of phenols is 1. The minimum absolute atomic E-state index is 0.00733. The molecule has 8 N–H and O–H groups in total. The summed E-state index contributed by atoms with van der Waals surface area (Å²) in [5.74, 6) is -3.34. The molecule has 3 amide bonds. The van der Waals surface area contributed by atoms with Crippen LogP contribution >= 0.6 is 0 Å². The largest absolute Gasteiger partial charge is 0.508 e. The number of benzene rings is 1. The predicted octanol–water partition coefficient (Wildman–Crippen LogP) is -1.14.